The Morgan fingerprint density at radius 3 is 2.71 bits per heavy atom. The Bertz CT molecular complexity index is 340. The number of aliphatic hydroxyl groups excluding tert-OH is 1. The fourth-order valence-corrected chi connectivity index (χ4v) is 2.48. The van der Waals surface area contributed by atoms with E-state index in [9.17, 15) is 0 Å². The molecular formula is C13H23N3O. The Morgan fingerprint density at radius 1 is 1.41 bits per heavy atom. The second-order valence-corrected chi connectivity index (χ2v) is 5.00. The van der Waals surface area contributed by atoms with Crippen LogP contribution in [0.2, 0.25) is 0 Å². The van der Waals surface area contributed by atoms with Crippen LogP contribution in [0.5, 0.6) is 0 Å². The van der Waals surface area contributed by atoms with Gasteiger partial charge in [-0.15, -0.1) is 0 Å². The third-order valence-electron chi connectivity index (χ3n) is 3.66. The van der Waals surface area contributed by atoms with Crippen LogP contribution in [0.3, 0.4) is 0 Å². The first kappa shape index (κ1) is 12.6. The van der Waals surface area contributed by atoms with Crippen molar-refractivity contribution in [1.29, 1.82) is 0 Å². The average molecular weight is 237 g/mol. The molecule has 1 fully saturated rings. The average Bonchev–Trinajstić information content (AvgIpc) is 2.73. The molecule has 0 aliphatic carbocycles. The minimum atomic E-state index is 0.318. The summed E-state index contributed by atoms with van der Waals surface area (Å²) in [6, 6.07) is 2.65. The third kappa shape index (κ3) is 2.87. The summed E-state index contributed by atoms with van der Waals surface area (Å²) < 4.78 is 2.10. The smallest absolute Gasteiger partial charge is 0.0764 e. The van der Waals surface area contributed by atoms with Gasteiger partial charge in [-0.1, -0.05) is 13.8 Å². The van der Waals surface area contributed by atoms with E-state index in [0.717, 1.165) is 38.2 Å². The predicted molar refractivity (Wildman–Crippen MR) is 67.7 cm³/mol. The molecule has 1 aliphatic rings. The van der Waals surface area contributed by atoms with Crippen LogP contribution in [0.4, 0.5) is 0 Å². The normalized spacial score (nSPS) is 17.6. The van der Waals surface area contributed by atoms with Crippen LogP contribution >= 0.6 is 0 Å². The summed E-state index contributed by atoms with van der Waals surface area (Å²) in [4.78, 5) is 2.33. The lowest BCUT2D eigenvalue weighted by Gasteiger charge is -2.37. The van der Waals surface area contributed by atoms with Crippen molar-refractivity contribution >= 4 is 0 Å². The van der Waals surface area contributed by atoms with Crippen LogP contribution in [-0.2, 0) is 6.54 Å². The van der Waals surface area contributed by atoms with Gasteiger partial charge in [0.25, 0.3) is 0 Å². The topological polar surface area (TPSA) is 41.3 Å². The quantitative estimate of drug-likeness (QED) is 0.818. The summed E-state index contributed by atoms with van der Waals surface area (Å²) in [5.41, 5.74) is 1.15. The highest BCUT2D eigenvalue weighted by atomic mass is 16.3. The van der Waals surface area contributed by atoms with Crippen molar-refractivity contribution in [2.24, 2.45) is 5.92 Å². The summed E-state index contributed by atoms with van der Waals surface area (Å²) in [6.07, 6.45) is 4.36. The second-order valence-electron chi connectivity index (χ2n) is 5.00. The maximum atomic E-state index is 8.96. The molecule has 1 aromatic rings. The van der Waals surface area contributed by atoms with E-state index in [0.29, 0.717) is 18.6 Å². The molecule has 1 N–H and O–H groups in total. The first-order valence-corrected chi connectivity index (χ1v) is 6.64. The summed E-state index contributed by atoms with van der Waals surface area (Å²) in [7, 11) is 0. The van der Waals surface area contributed by atoms with Gasteiger partial charge in [-0.2, -0.15) is 5.10 Å². The Kier molecular flexibility index (Phi) is 4.18. The molecule has 0 bridgehead atoms. The Labute approximate surface area is 103 Å². The number of likely N-dealkylation sites (tertiary alicyclic amines) is 1. The lowest BCUT2D eigenvalue weighted by Crippen LogP contribution is -2.47. The number of hydrogen-bond acceptors (Lipinski definition) is 3. The zero-order chi connectivity index (χ0) is 12.3. The van der Waals surface area contributed by atoms with Crippen LogP contribution in [0.25, 0.3) is 0 Å². The predicted octanol–water partition coefficient (Wildman–Crippen LogP) is 1.67. The first-order chi connectivity index (χ1) is 8.26. The molecule has 0 amide bonds. The molecule has 0 aromatic carbocycles. The van der Waals surface area contributed by atoms with Crippen LogP contribution in [0.15, 0.2) is 12.3 Å². The Balaban J connectivity index is 1.86. The van der Waals surface area contributed by atoms with Crippen molar-refractivity contribution in [3.8, 4) is 0 Å². The summed E-state index contributed by atoms with van der Waals surface area (Å²) in [5, 5.41) is 13.6. The first-order valence-electron chi connectivity index (χ1n) is 6.64. The lowest BCUT2D eigenvalue weighted by molar-refractivity contribution is 0.0468. The van der Waals surface area contributed by atoms with E-state index in [1.807, 2.05) is 0 Å². The van der Waals surface area contributed by atoms with E-state index in [4.69, 9.17) is 5.11 Å². The van der Waals surface area contributed by atoms with Crippen LogP contribution in [0.1, 0.15) is 38.4 Å². The monoisotopic (exact) mass is 237 g/mol. The molecular weight excluding hydrogens is 214 g/mol. The van der Waals surface area contributed by atoms with Gasteiger partial charge in [-0.3, -0.25) is 9.58 Å². The van der Waals surface area contributed by atoms with Crippen LogP contribution in [-0.4, -0.2) is 39.5 Å². The SMILES string of the molecule is CCC(CC)n1ccc(CN2CC(CO)C2)n1. The molecule has 17 heavy (non-hydrogen) atoms. The van der Waals surface area contributed by atoms with Crippen molar-refractivity contribution in [3.05, 3.63) is 18.0 Å². The largest absolute Gasteiger partial charge is 0.396 e. The van der Waals surface area contributed by atoms with Crippen LogP contribution < -0.4 is 0 Å². The van der Waals surface area contributed by atoms with Crippen molar-refractivity contribution in [1.82, 2.24) is 14.7 Å². The van der Waals surface area contributed by atoms with Gasteiger partial charge in [0.1, 0.15) is 0 Å². The molecule has 2 heterocycles. The van der Waals surface area contributed by atoms with Gasteiger partial charge in [0.15, 0.2) is 0 Å². The molecule has 0 spiro atoms. The van der Waals surface area contributed by atoms with E-state index < -0.39 is 0 Å². The second kappa shape index (κ2) is 5.65. The van der Waals surface area contributed by atoms with E-state index in [1.165, 1.54) is 0 Å². The molecule has 4 nitrogen and oxygen atoms in total. The molecule has 0 unspecified atom stereocenters. The van der Waals surface area contributed by atoms with Crippen molar-refractivity contribution in [2.45, 2.75) is 39.3 Å². The van der Waals surface area contributed by atoms with Gasteiger partial charge in [0.05, 0.1) is 11.7 Å². The number of aliphatic hydroxyl groups is 1. The third-order valence-corrected chi connectivity index (χ3v) is 3.66. The van der Waals surface area contributed by atoms with Gasteiger partial charge in [0.2, 0.25) is 0 Å². The van der Waals surface area contributed by atoms with Crippen LogP contribution in [0, 0.1) is 5.92 Å². The molecule has 2 rings (SSSR count). The van der Waals surface area contributed by atoms with E-state index in [2.05, 4.69) is 40.8 Å². The summed E-state index contributed by atoms with van der Waals surface area (Å²) in [6.45, 7) is 7.67. The van der Waals surface area contributed by atoms with Gasteiger partial charge in [-0.25, -0.2) is 0 Å². The molecule has 0 atom stereocenters. The maximum Gasteiger partial charge on any atom is 0.0764 e. The fourth-order valence-electron chi connectivity index (χ4n) is 2.48. The maximum absolute atomic E-state index is 8.96. The Morgan fingerprint density at radius 2 is 2.12 bits per heavy atom. The zero-order valence-electron chi connectivity index (χ0n) is 10.8. The Hall–Kier alpha value is -0.870. The number of hydrogen-bond donors (Lipinski definition) is 1. The van der Waals surface area contributed by atoms with Gasteiger partial charge in [0, 0.05) is 38.4 Å². The number of aromatic nitrogens is 2. The van der Waals surface area contributed by atoms with E-state index in [1.54, 1.807) is 0 Å². The molecule has 0 radical (unpaired) electrons. The molecule has 1 saturated heterocycles. The van der Waals surface area contributed by atoms with Gasteiger partial charge < -0.3 is 5.11 Å². The highest BCUT2D eigenvalue weighted by molar-refractivity contribution is 5.01. The number of rotatable bonds is 6. The molecule has 4 heteroatoms. The summed E-state index contributed by atoms with van der Waals surface area (Å²) in [5.74, 6) is 0.483. The standard InChI is InChI=1S/C13H23N3O/c1-3-13(4-2)16-6-5-12(14-16)9-15-7-11(8-15)10-17/h5-6,11,13,17H,3-4,7-10H2,1-2H3. The highest BCUT2D eigenvalue weighted by Crippen LogP contribution is 2.19. The molecule has 0 saturated carbocycles. The van der Waals surface area contributed by atoms with Gasteiger partial charge >= 0.3 is 0 Å². The van der Waals surface area contributed by atoms with E-state index >= 15 is 0 Å². The van der Waals surface area contributed by atoms with Crippen molar-refractivity contribution < 1.29 is 5.11 Å². The summed E-state index contributed by atoms with van der Waals surface area (Å²) >= 11 is 0. The minimum Gasteiger partial charge on any atom is -0.396 e. The molecule has 1 aromatic heterocycles. The van der Waals surface area contributed by atoms with Crippen molar-refractivity contribution in [3.63, 3.8) is 0 Å². The number of nitrogens with zero attached hydrogens (tertiary/aromatic N) is 3. The van der Waals surface area contributed by atoms with Gasteiger partial charge in [-0.05, 0) is 18.9 Å². The fraction of sp³-hybridized carbons (Fsp3) is 0.769. The molecule has 96 valence electrons. The van der Waals surface area contributed by atoms with Crippen molar-refractivity contribution in [2.75, 3.05) is 19.7 Å². The zero-order valence-corrected chi connectivity index (χ0v) is 10.8. The van der Waals surface area contributed by atoms with E-state index in [-0.39, 0.29) is 0 Å². The highest BCUT2D eigenvalue weighted by Gasteiger charge is 2.26. The lowest BCUT2D eigenvalue weighted by atomic mass is 10.0. The molecule has 1 aliphatic heterocycles. The minimum absolute atomic E-state index is 0.318.